The first kappa shape index (κ1) is 9.75. The van der Waals surface area contributed by atoms with Crippen molar-refractivity contribution in [2.45, 2.75) is 63.3 Å². The summed E-state index contributed by atoms with van der Waals surface area (Å²) in [7, 11) is 0. The van der Waals surface area contributed by atoms with Gasteiger partial charge < -0.3 is 14.2 Å². The van der Waals surface area contributed by atoms with Crippen LogP contribution in [0.4, 0.5) is 0 Å². The minimum Gasteiger partial charge on any atom is -0.318 e. The van der Waals surface area contributed by atoms with Crippen LogP contribution in [0.3, 0.4) is 0 Å². The zero-order valence-electron chi connectivity index (χ0n) is 8.90. The largest absolute Gasteiger partial charge is 0.347 e. The van der Waals surface area contributed by atoms with E-state index in [2.05, 4.69) is 0 Å². The Balaban J connectivity index is 1.83. The third-order valence-electron chi connectivity index (χ3n) is 3.36. The molecule has 0 unspecified atom stereocenters. The zero-order chi connectivity index (χ0) is 10.5. The molecule has 0 aromatic rings. The number of Topliss-reactive ketones (excluding diaryl/α,β-unsaturated/α-hetero) is 1. The molecule has 0 spiro atoms. The average Bonchev–Trinajstić information content (AvgIpc) is 2.15. The fourth-order valence-corrected chi connectivity index (χ4v) is 2.78. The van der Waals surface area contributed by atoms with Gasteiger partial charge in [-0.15, -0.1) is 0 Å². The van der Waals surface area contributed by atoms with Gasteiger partial charge in [0.05, 0.1) is 18.3 Å². The highest BCUT2D eigenvalue weighted by Crippen LogP contribution is 2.45. The Morgan fingerprint density at radius 3 is 2.00 bits per heavy atom. The number of hydrogen-bond acceptors (Lipinski definition) is 4. The standard InChI is InChI=1S/C11H16O4/c1-2-3-10(12)11-13-7-4-8(14-11)6-9(5-7)15-11/h7-9H,2-6H2,1H3. The topological polar surface area (TPSA) is 44.8 Å². The molecule has 3 saturated heterocycles. The lowest BCUT2D eigenvalue weighted by molar-refractivity contribution is -0.468. The van der Waals surface area contributed by atoms with Gasteiger partial charge in [0.15, 0.2) is 0 Å². The van der Waals surface area contributed by atoms with Gasteiger partial charge in [0.2, 0.25) is 5.78 Å². The maximum Gasteiger partial charge on any atom is 0.347 e. The van der Waals surface area contributed by atoms with Crippen molar-refractivity contribution >= 4 is 5.78 Å². The molecular weight excluding hydrogens is 196 g/mol. The molecule has 1 aliphatic carbocycles. The van der Waals surface area contributed by atoms with E-state index in [4.69, 9.17) is 14.2 Å². The van der Waals surface area contributed by atoms with Crippen molar-refractivity contribution in [3.8, 4) is 0 Å². The molecule has 4 rings (SSSR count). The molecule has 0 N–H and O–H groups in total. The molecule has 3 aliphatic heterocycles. The molecule has 84 valence electrons. The highest BCUT2D eigenvalue weighted by atomic mass is 16.9. The molecule has 0 amide bonds. The van der Waals surface area contributed by atoms with E-state index in [1.165, 1.54) is 0 Å². The molecular formula is C11H16O4. The van der Waals surface area contributed by atoms with E-state index in [9.17, 15) is 4.79 Å². The predicted molar refractivity (Wildman–Crippen MR) is 51.1 cm³/mol. The first-order valence-corrected chi connectivity index (χ1v) is 5.78. The first-order chi connectivity index (χ1) is 7.22. The van der Waals surface area contributed by atoms with E-state index in [0.29, 0.717) is 6.42 Å². The van der Waals surface area contributed by atoms with E-state index >= 15 is 0 Å². The quantitative estimate of drug-likeness (QED) is 0.709. The van der Waals surface area contributed by atoms with Gasteiger partial charge >= 0.3 is 5.97 Å². The second-order valence-electron chi connectivity index (χ2n) is 4.66. The Bertz CT molecular complexity index is 251. The Kier molecular flexibility index (Phi) is 2.13. The Morgan fingerprint density at radius 1 is 1.13 bits per heavy atom. The minimum atomic E-state index is -1.33. The minimum absolute atomic E-state index is 0.0518. The predicted octanol–water partition coefficient (Wildman–Crippen LogP) is 1.38. The van der Waals surface area contributed by atoms with Crippen LogP contribution in [0.15, 0.2) is 0 Å². The Hall–Kier alpha value is -0.450. The van der Waals surface area contributed by atoms with Gasteiger partial charge in [-0.25, -0.2) is 0 Å². The van der Waals surface area contributed by atoms with Crippen LogP contribution in [0.2, 0.25) is 0 Å². The van der Waals surface area contributed by atoms with Crippen molar-refractivity contribution < 1.29 is 19.0 Å². The van der Waals surface area contributed by atoms with E-state index in [-0.39, 0.29) is 24.1 Å². The third-order valence-corrected chi connectivity index (χ3v) is 3.36. The third kappa shape index (κ3) is 1.43. The number of hydrogen-bond donors (Lipinski definition) is 0. The molecule has 0 atom stereocenters. The van der Waals surface area contributed by atoms with Crippen LogP contribution in [0.5, 0.6) is 0 Å². The molecule has 0 radical (unpaired) electrons. The molecule has 15 heavy (non-hydrogen) atoms. The highest BCUT2D eigenvalue weighted by molar-refractivity contribution is 5.84. The fourth-order valence-electron chi connectivity index (χ4n) is 2.78. The number of ether oxygens (including phenoxy) is 3. The zero-order valence-corrected chi connectivity index (χ0v) is 8.90. The SMILES string of the molecule is CCCC(=O)C12OC3CC(CC(C3)O1)O2. The van der Waals surface area contributed by atoms with Crippen LogP contribution < -0.4 is 0 Å². The summed E-state index contributed by atoms with van der Waals surface area (Å²) in [4.78, 5) is 11.9. The molecule has 1 saturated carbocycles. The van der Waals surface area contributed by atoms with Crippen LogP contribution >= 0.6 is 0 Å². The molecule has 0 aromatic carbocycles. The van der Waals surface area contributed by atoms with E-state index < -0.39 is 5.97 Å². The van der Waals surface area contributed by atoms with E-state index in [1.807, 2.05) is 6.92 Å². The summed E-state index contributed by atoms with van der Waals surface area (Å²) >= 11 is 0. The summed E-state index contributed by atoms with van der Waals surface area (Å²) in [6, 6.07) is 0. The lowest BCUT2D eigenvalue weighted by Gasteiger charge is -2.54. The maximum absolute atomic E-state index is 11.9. The molecule has 4 bridgehead atoms. The lowest BCUT2D eigenvalue weighted by Crippen LogP contribution is -2.65. The van der Waals surface area contributed by atoms with E-state index in [1.54, 1.807) is 0 Å². The lowest BCUT2D eigenvalue weighted by atomic mass is 9.88. The summed E-state index contributed by atoms with van der Waals surface area (Å²) in [5, 5.41) is 0. The van der Waals surface area contributed by atoms with Gasteiger partial charge in [0.25, 0.3) is 0 Å². The fraction of sp³-hybridized carbons (Fsp3) is 0.909. The van der Waals surface area contributed by atoms with Gasteiger partial charge in [-0.1, -0.05) is 6.92 Å². The molecule has 4 heteroatoms. The summed E-state index contributed by atoms with van der Waals surface area (Å²) in [6.45, 7) is 1.97. The van der Waals surface area contributed by atoms with Crippen molar-refractivity contribution in [3.63, 3.8) is 0 Å². The smallest absolute Gasteiger partial charge is 0.318 e. The van der Waals surface area contributed by atoms with Gasteiger partial charge in [-0.3, -0.25) is 4.79 Å². The monoisotopic (exact) mass is 212 g/mol. The second kappa shape index (κ2) is 3.27. The number of carbonyl (C=O) groups excluding carboxylic acids is 1. The summed E-state index contributed by atoms with van der Waals surface area (Å²) in [5.41, 5.74) is 0. The van der Waals surface area contributed by atoms with Gasteiger partial charge in [0, 0.05) is 25.7 Å². The first-order valence-electron chi connectivity index (χ1n) is 5.78. The number of rotatable bonds is 3. The van der Waals surface area contributed by atoms with Crippen LogP contribution in [-0.4, -0.2) is 30.1 Å². The van der Waals surface area contributed by atoms with Gasteiger partial charge in [-0.2, -0.15) is 0 Å². The Morgan fingerprint density at radius 2 is 1.60 bits per heavy atom. The van der Waals surface area contributed by atoms with Crippen molar-refractivity contribution in [3.05, 3.63) is 0 Å². The molecule has 3 heterocycles. The van der Waals surface area contributed by atoms with E-state index in [0.717, 1.165) is 25.7 Å². The molecule has 4 aliphatic rings. The van der Waals surface area contributed by atoms with Crippen molar-refractivity contribution in [2.75, 3.05) is 0 Å². The average molecular weight is 212 g/mol. The summed E-state index contributed by atoms with van der Waals surface area (Å²) in [6.07, 6.45) is 4.51. The van der Waals surface area contributed by atoms with Crippen LogP contribution in [0.1, 0.15) is 39.0 Å². The van der Waals surface area contributed by atoms with Crippen LogP contribution in [0, 0.1) is 0 Å². The maximum atomic E-state index is 11.9. The normalized spacial score (nSPS) is 47.1. The number of ketones is 1. The molecule has 0 aromatic heterocycles. The van der Waals surface area contributed by atoms with Crippen molar-refractivity contribution in [1.82, 2.24) is 0 Å². The summed E-state index contributed by atoms with van der Waals surface area (Å²) < 4.78 is 16.9. The molecule has 4 nitrogen and oxygen atoms in total. The van der Waals surface area contributed by atoms with Crippen molar-refractivity contribution in [1.29, 1.82) is 0 Å². The van der Waals surface area contributed by atoms with Gasteiger partial charge in [-0.05, 0) is 6.42 Å². The van der Waals surface area contributed by atoms with Crippen LogP contribution in [0.25, 0.3) is 0 Å². The van der Waals surface area contributed by atoms with Gasteiger partial charge in [0.1, 0.15) is 0 Å². The summed E-state index contributed by atoms with van der Waals surface area (Å²) in [5.74, 6) is -1.38. The highest BCUT2D eigenvalue weighted by Gasteiger charge is 2.58. The van der Waals surface area contributed by atoms with Crippen LogP contribution in [-0.2, 0) is 19.0 Å². The number of carbonyl (C=O) groups is 1. The second-order valence-corrected chi connectivity index (χ2v) is 4.66. The Labute approximate surface area is 88.9 Å². The van der Waals surface area contributed by atoms with Crippen molar-refractivity contribution in [2.24, 2.45) is 0 Å². The molecule has 4 fully saturated rings.